The number of thioether (sulfide) groups is 1. The molecule has 4 aromatic rings. The van der Waals surface area contributed by atoms with Gasteiger partial charge in [-0.1, -0.05) is 29.5 Å². The first-order valence-corrected chi connectivity index (χ1v) is 13.4. The predicted octanol–water partition coefficient (Wildman–Crippen LogP) is 5.57. The average molecular weight is 504 g/mol. The summed E-state index contributed by atoms with van der Waals surface area (Å²) < 4.78 is 1.64. The zero-order valence-electron chi connectivity index (χ0n) is 19.6. The number of ketones is 1. The average Bonchev–Trinajstić information content (AvgIpc) is 3.22. The lowest BCUT2D eigenvalue weighted by atomic mass is 9.97. The van der Waals surface area contributed by atoms with Crippen molar-refractivity contribution in [1.82, 2.24) is 9.55 Å². The zero-order valence-corrected chi connectivity index (χ0v) is 21.2. The Morgan fingerprint density at radius 3 is 2.49 bits per heavy atom. The molecule has 178 valence electrons. The zero-order chi connectivity index (χ0) is 24.5. The molecule has 0 saturated heterocycles. The van der Waals surface area contributed by atoms with Crippen LogP contribution in [0.25, 0.3) is 15.9 Å². The van der Waals surface area contributed by atoms with Crippen molar-refractivity contribution in [3.8, 4) is 5.69 Å². The summed E-state index contributed by atoms with van der Waals surface area (Å²) in [6.07, 6.45) is 4.14. The van der Waals surface area contributed by atoms with Crippen molar-refractivity contribution in [2.24, 2.45) is 0 Å². The van der Waals surface area contributed by atoms with Gasteiger partial charge in [0.05, 0.1) is 16.8 Å². The van der Waals surface area contributed by atoms with Crippen LogP contribution in [0.1, 0.15) is 46.1 Å². The first kappa shape index (κ1) is 23.5. The number of hydrogen-bond donors (Lipinski definition) is 1. The molecule has 0 aliphatic heterocycles. The van der Waals surface area contributed by atoms with E-state index in [0.29, 0.717) is 16.4 Å². The topological polar surface area (TPSA) is 81.1 Å². The van der Waals surface area contributed by atoms with Crippen LogP contribution in [0.2, 0.25) is 0 Å². The van der Waals surface area contributed by atoms with E-state index < -0.39 is 0 Å². The van der Waals surface area contributed by atoms with Crippen LogP contribution < -0.4 is 10.9 Å². The summed E-state index contributed by atoms with van der Waals surface area (Å²) in [5.74, 6) is -0.131. The third-order valence-corrected chi connectivity index (χ3v) is 8.28. The number of aryl methyl sites for hydroxylation is 3. The molecule has 0 bridgehead atoms. The fourth-order valence-corrected chi connectivity index (χ4v) is 6.44. The van der Waals surface area contributed by atoms with Crippen LogP contribution in [-0.4, -0.2) is 27.0 Å². The fraction of sp³-hybridized carbons (Fsp3) is 0.259. The lowest BCUT2D eigenvalue weighted by Gasteiger charge is -2.14. The van der Waals surface area contributed by atoms with E-state index in [2.05, 4.69) is 5.32 Å². The maximum absolute atomic E-state index is 13.8. The van der Waals surface area contributed by atoms with Gasteiger partial charge in [0, 0.05) is 16.1 Å². The molecule has 6 nitrogen and oxygen atoms in total. The van der Waals surface area contributed by atoms with Crippen molar-refractivity contribution in [2.75, 3.05) is 11.1 Å². The summed E-state index contributed by atoms with van der Waals surface area (Å²) in [6, 6.07) is 14.6. The maximum Gasteiger partial charge on any atom is 0.267 e. The summed E-state index contributed by atoms with van der Waals surface area (Å²) >= 11 is 2.86. The second-order valence-corrected chi connectivity index (χ2v) is 10.8. The van der Waals surface area contributed by atoms with Crippen molar-refractivity contribution in [3.63, 3.8) is 0 Å². The number of benzene rings is 2. The molecule has 8 heteroatoms. The highest BCUT2D eigenvalue weighted by Gasteiger charge is 2.23. The van der Waals surface area contributed by atoms with Crippen molar-refractivity contribution < 1.29 is 9.59 Å². The molecule has 35 heavy (non-hydrogen) atoms. The summed E-state index contributed by atoms with van der Waals surface area (Å²) in [7, 11) is 0. The van der Waals surface area contributed by atoms with Crippen molar-refractivity contribution >= 4 is 50.7 Å². The molecular weight excluding hydrogens is 478 g/mol. The van der Waals surface area contributed by atoms with E-state index in [4.69, 9.17) is 4.98 Å². The Bertz CT molecular complexity index is 1490. The number of nitrogens with zero attached hydrogens (tertiary/aromatic N) is 2. The van der Waals surface area contributed by atoms with E-state index in [-0.39, 0.29) is 23.0 Å². The Morgan fingerprint density at radius 2 is 1.77 bits per heavy atom. The van der Waals surface area contributed by atoms with E-state index in [1.165, 1.54) is 23.6 Å². The van der Waals surface area contributed by atoms with E-state index in [1.54, 1.807) is 40.2 Å². The SMILES string of the molecule is CC(=O)c1ccc(NC(=O)CSc2nc3sc4c(c3c(=O)n2-c2ccc(C)cc2)CCCC4)cc1. The van der Waals surface area contributed by atoms with Gasteiger partial charge in [-0.15, -0.1) is 11.3 Å². The smallest absolute Gasteiger partial charge is 0.267 e. The normalized spacial score (nSPS) is 13.0. The number of anilines is 1. The quantitative estimate of drug-likeness (QED) is 0.211. The number of nitrogens with one attached hydrogen (secondary N) is 1. The number of carbonyl (C=O) groups excluding carboxylic acids is 2. The Labute approximate surface area is 211 Å². The van der Waals surface area contributed by atoms with Gasteiger partial charge < -0.3 is 5.32 Å². The van der Waals surface area contributed by atoms with E-state index >= 15 is 0 Å². The van der Waals surface area contributed by atoms with Crippen LogP contribution in [0.5, 0.6) is 0 Å². The molecule has 1 N–H and O–H groups in total. The fourth-order valence-electron chi connectivity index (χ4n) is 4.32. The number of hydrogen-bond acceptors (Lipinski definition) is 6. The molecule has 0 radical (unpaired) electrons. The minimum atomic E-state index is -0.208. The molecule has 1 amide bonds. The number of carbonyl (C=O) groups is 2. The van der Waals surface area contributed by atoms with Gasteiger partial charge in [-0.25, -0.2) is 4.98 Å². The summed E-state index contributed by atoms with van der Waals surface area (Å²) in [6.45, 7) is 3.51. The summed E-state index contributed by atoms with van der Waals surface area (Å²) in [4.78, 5) is 44.8. The largest absolute Gasteiger partial charge is 0.325 e. The first-order valence-electron chi connectivity index (χ1n) is 11.6. The first-order chi connectivity index (χ1) is 16.9. The monoisotopic (exact) mass is 503 g/mol. The Hall–Kier alpha value is -3.23. The molecule has 2 aromatic heterocycles. The number of rotatable bonds is 6. The second kappa shape index (κ2) is 9.79. The van der Waals surface area contributed by atoms with Gasteiger partial charge in [-0.2, -0.15) is 0 Å². The Kier molecular flexibility index (Phi) is 6.58. The standard InChI is InChI=1S/C27H25N3O3S2/c1-16-7-13-20(14-8-16)30-26(33)24-21-5-3-4-6-22(21)35-25(24)29-27(30)34-15-23(32)28-19-11-9-18(10-12-19)17(2)31/h7-14H,3-6,15H2,1-2H3,(H,28,32). The van der Waals surface area contributed by atoms with Crippen LogP contribution in [-0.2, 0) is 17.6 Å². The van der Waals surface area contributed by atoms with Gasteiger partial charge >= 0.3 is 0 Å². The summed E-state index contributed by atoms with van der Waals surface area (Å²) in [5, 5.41) is 4.09. The molecular formula is C27H25N3O3S2. The van der Waals surface area contributed by atoms with Gasteiger partial charge in [-0.05, 0) is 81.5 Å². The molecule has 0 atom stereocenters. The van der Waals surface area contributed by atoms with Gasteiger partial charge in [-0.3, -0.25) is 19.0 Å². The third kappa shape index (κ3) is 4.81. The highest BCUT2D eigenvalue weighted by atomic mass is 32.2. The summed E-state index contributed by atoms with van der Waals surface area (Å²) in [5.41, 5.74) is 4.14. The van der Waals surface area contributed by atoms with Crippen molar-refractivity contribution in [3.05, 3.63) is 80.5 Å². The highest BCUT2D eigenvalue weighted by Crippen LogP contribution is 2.35. The molecule has 2 aromatic carbocycles. The third-order valence-electron chi connectivity index (χ3n) is 6.16. The minimum absolute atomic E-state index is 0.0239. The molecule has 0 unspecified atom stereocenters. The second-order valence-electron chi connectivity index (χ2n) is 8.73. The molecule has 0 fully saturated rings. The molecule has 2 heterocycles. The number of fused-ring (bicyclic) bond motifs is 3. The molecule has 0 saturated carbocycles. The lowest BCUT2D eigenvalue weighted by molar-refractivity contribution is -0.113. The number of Topliss-reactive ketones (excluding diaryl/α,β-unsaturated/α-hetero) is 1. The van der Waals surface area contributed by atoms with Crippen LogP contribution in [0, 0.1) is 6.92 Å². The maximum atomic E-state index is 13.8. The molecule has 1 aliphatic rings. The van der Waals surface area contributed by atoms with Gasteiger partial charge in [0.1, 0.15) is 4.83 Å². The van der Waals surface area contributed by atoms with E-state index in [1.807, 2.05) is 31.2 Å². The molecule has 1 aliphatic carbocycles. The van der Waals surface area contributed by atoms with Gasteiger partial charge in [0.2, 0.25) is 5.91 Å². The van der Waals surface area contributed by atoms with Crippen molar-refractivity contribution in [1.29, 1.82) is 0 Å². The van der Waals surface area contributed by atoms with Gasteiger partial charge in [0.15, 0.2) is 10.9 Å². The Balaban J connectivity index is 1.47. The van der Waals surface area contributed by atoms with Gasteiger partial charge in [0.25, 0.3) is 5.56 Å². The lowest BCUT2D eigenvalue weighted by Crippen LogP contribution is -2.23. The van der Waals surface area contributed by atoms with E-state index in [0.717, 1.165) is 52.7 Å². The van der Waals surface area contributed by atoms with Crippen molar-refractivity contribution in [2.45, 2.75) is 44.7 Å². The highest BCUT2D eigenvalue weighted by molar-refractivity contribution is 7.99. The van der Waals surface area contributed by atoms with E-state index in [9.17, 15) is 14.4 Å². The molecule has 0 spiro atoms. The number of amides is 1. The Morgan fingerprint density at radius 1 is 1.06 bits per heavy atom. The predicted molar refractivity (Wildman–Crippen MR) is 142 cm³/mol. The van der Waals surface area contributed by atoms with Crippen LogP contribution in [0.15, 0.2) is 58.5 Å². The minimum Gasteiger partial charge on any atom is -0.325 e. The molecule has 5 rings (SSSR count). The van der Waals surface area contributed by atoms with Crippen LogP contribution in [0.4, 0.5) is 5.69 Å². The number of thiophene rings is 1. The van der Waals surface area contributed by atoms with Crippen LogP contribution >= 0.6 is 23.1 Å². The van der Waals surface area contributed by atoms with Crippen LogP contribution in [0.3, 0.4) is 0 Å². The number of aromatic nitrogens is 2.